The van der Waals surface area contributed by atoms with Crippen LogP contribution in [0.4, 0.5) is 0 Å². The van der Waals surface area contributed by atoms with E-state index in [9.17, 15) is 0 Å². The first kappa shape index (κ1) is 21.1. The predicted octanol–water partition coefficient (Wildman–Crippen LogP) is 2.35. The number of hydrogen-bond acceptors (Lipinski definition) is 4. The lowest BCUT2D eigenvalue weighted by atomic mass is 10.1. The molecule has 1 aromatic rings. The number of rotatable bonds is 8. The van der Waals surface area contributed by atoms with Crippen molar-refractivity contribution in [3.05, 3.63) is 35.9 Å². The molecule has 1 N–H and O–H groups in total. The molecule has 2 heterocycles. The minimum Gasteiger partial charge on any atom is -0.375 e. The number of benzene rings is 1. The molecule has 0 radical (unpaired) electrons. The summed E-state index contributed by atoms with van der Waals surface area (Å²) in [5.74, 6) is 1.01. The molecule has 2 fully saturated rings. The van der Waals surface area contributed by atoms with Gasteiger partial charge in [-0.1, -0.05) is 30.3 Å². The maximum absolute atomic E-state index is 5.98. The van der Waals surface area contributed by atoms with Crippen LogP contribution in [0.2, 0.25) is 0 Å². The van der Waals surface area contributed by atoms with Crippen LogP contribution in [0.3, 0.4) is 0 Å². The van der Waals surface area contributed by atoms with Crippen LogP contribution in [0.5, 0.6) is 0 Å². The van der Waals surface area contributed by atoms with Crippen LogP contribution in [0.15, 0.2) is 35.3 Å². The smallest absolute Gasteiger partial charge is 0.194 e. The Kier molecular flexibility index (Phi) is 8.58. The van der Waals surface area contributed by atoms with Crippen LogP contribution in [0, 0.1) is 0 Å². The SMILES string of the molecule is CCNC(=NCCCN(C)Cc1ccccc1)N1CCOC(C2CCCO2)C1. The van der Waals surface area contributed by atoms with Gasteiger partial charge in [0.15, 0.2) is 5.96 Å². The summed E-state index contributed by atoms with van der Waals surface area (Å²) in [5, 5.41) is 3.46. The highest BCUT2D eigenvalue weighted by Gasteiger charge is 2.32. The first-order valence-corrected chi connectivity index (χ1v) is 10.7. The molecule has 0 aliphatic carbocycles. The molecule has 2 aliphatic heterocycles. The number of guanidine groups is 1. The molecular formula is C22H36N4O2. The van der Waals surface area contributed by atoms with Gasteiger partial charge in [-0.2, -0.15) is 0 Å². The highest BCUT2D eigenvalue weighted by molar-refractivity contribution is 5.80. The van der Waals surface area contributed by atoms with E-state index < -0.39 is 0 Å². The Morgan fingerprint density at radius 2 is 2.04 bits per heavy atom. The zero-order chi connectivity index (χ0) is 19.6. The molecule has 0 spiro atoms. The second kappa shape index (κ2) is 11.4. The van der Waals surface area contributed by atoms with Crippen LogP contribution in [0.1, 0.15) is 31.7 Å². The minimum atomic E-state index is 0.164. The van der Waals surface area contributed by atoms with Gasteiger partial charge in [0.1, 0.15) is 6.10 Å². The number of hydrogen-bond donors (Lipinski definition) is 1. The molecule has 6 heteroatoms. The lowest BCUT2D eigenvalue weighted by Gasteiger charge is -2.37. The fraction of sp³-hybridized carbons (Fsp3) is 0.682. The standard InChI is InChI=1S/C22H36N4O2/c1-3-23-22(26-14-16-28-21(18-26)20-11-7-15-27-20)24-12-8-13-25(2)17-19-9-5-4-6-10-19/h4-6,9-10,20-21H,3,7-8,11-18H2,1-2H3,(H,23,24). The first-order chi connectivity index (χ1) is 13.8. The molecule has 3 rings (SSSR count). The lowest BCUT2D eigenvalue weighted by Crippen LogP contribution is -2.53. The van der Waals surface area contributed by atoms with Gasteiger partial charge in [-0.05, 0) is 45.3 Å². The third-order valence-corrected chi connectivity index (χ3v) is 5.36. The van der Waals surface area contributed by atoms with E-state index >= 15 is 0 Å². The Bertz CT molecular complexity index is 589. The number of nitrogens with zero attached hydrogens (tertiary/aromatic N) is 3. The Balaban J connectivity index is 1.45. The fourth-order valence-corrected chi connectivity index (χ4v) is 3.91. The number of nitrogens with one attached hydrogen (secondary N) is 1. The third-order valence-electron chi connectivity index (χ3n) is 5.36. The topological polar surface area (TPSA) is 49.3 Å². The Labute approximate surface area is 169 Å². The van der Waals surface area contributed by atoms with Crippen LogP contribution < -0.4 is 5.32 Å². The molecule has 0 saturated carbocycles. The van der Waals surface area contributed by atoms with E-state index in [1.165, 1.54) is 5.56 Å². The van der Waals surface area contributed by atoms with E-state index in [0.717, 1.165) is 77.7 Å². The molecular weight excluding hydrogens is 352 g/mol. The third kappa shape index (κ3) is 6.47. The highest BCUT2D eigenvalue weighted by Crippen LogP contribution is 2.21. The summed E-state index contributed by atoms with van der Waals surface area (Å²) in [7, 11) is 2.18. The van der Waals surface area contributed by atoms with Gasteiger partial charge < -0.3 is 24.6 Å². The fourth-order valence-electron chi connectivity index (χ4n) is 3.91. The van der Waals surface area contributed by atoms with E-state index in [1.807, 2.05) is 0 Å². The summed E-state index contributed by atoms with van der Waals surface area (Å²) in [5.41, 5.74) is 1.36. The van der Waals surface area contributed by atoms with Crippen molar-refractivity contribution >= 4 is 5.96 Å². The quantitative estimate of drug-likeness (QED) is 0.421. The van der Waals surface area contributed by atoms with Crippen LogP contribution in [0.25, 0.3) is 0 Å². The summed E-state index contributed by atoms with van der Waals surface area (Å²) < 4.78 is 11.8. The molecule has 156 valence electrons. The summed E-state index contributed by atoms with van der Waals surface area (Å²) >= 11 is 0. The van der Waals surface area contributed by atoms with Crippen molar-refractivity contribution in [2.75, 3.05) is 53.0 Å². The highest BCUT2D eigenvalue weighted by atomic mass is 16.5. The molecule has 6 nitrogen and oxygen atoms in total. The van der Waals surface area contributed by atoms with Gasteiger partial charge in [0.2, 0.25) is 0 Å². The maximum Gasteiger partial charge on any atom is 0.194 e. The van der Waals surface area contributed by atoms with Gasteiger partial charge in [0.25, 0.3) is 0 Å². The van der Waals surface area contributed by atoms with E-state index in [0.29, 0.717) is 0 Å². The van der Waals surface area contributed by atoms with Crippen molar-refractivity contribution in [3.63, 3.8) is 0 Å². The predicted molar refractivity (Wildman–Crippen MR) is 114 cm³/mol. The van der Waals surface area contributed by atoms with Crippen molar-refractivity contribution in [2.24, 2.45) is 4.99 Å². The monoisotopic (exact) mass is 388 g/mol. The van der Waals surface area contributed by atoms with Crippen LogP contribution in [-0.2, 0) is 16.0 Å². The van der Waals surface area contributed by atoms with E-state index in [1.54, 1.807) is 0 Å². The van der Waals surface area contributed by atoms with Crippen molar-refractivity contribution in [1.29, 1.82) is 0 Å². The van der Waals surface area contributed by atoms with E-state index in [-0.39, 0.29) is 12.2 Å². The van der Waals surface area contributed by atoms with Crippen molar-refractivity contribution in [1.82, 2.24) is 15.1 Å². The van der Waals surface area contributed by atoms with Crippen LogP contribution >= 0.6 is 0 Å². The number of ether oxygens (including phenoxy) is 2. The van der Waals surface area contributed by atoms with Crippen molar-refractivity contribution in [3.8, 4) is 0 Å². The molecule has 2 unspecified atom stereocenters. The second-order valence-corrected chi connectivity index (χ2v) is 7.72. The molecule has 0 amide bonds. The van der Waals surface area contributed by atoms with Gasteiger partial charge in [-0.15, -0.1) is 0 Å². The summed E-state index contributed by atoms with van der Waals surface area (Å²) in [6, 6.07) is 10.6. The van der Waals surface area contributed by atoms with Gasteiger partial charge in [-0.25, -0.2) is 0 Å². The Hall–Kier alpha value is -1.63. The van der Waals surface area contributed by atoms with E-state index in [2.05, 4.69) is 59.4 Å². The molecule has 0 bridgehead atoms. The molecule has 2 saturated heterocycles. The van der Waals surface area contributed by atoms with Gasteiger partial charge in [-0.3, -0.25) is 4.99 Å². The largest absolute Gasteiger partial charge is 0.375 e. The summed E-state index contributed by atoms with van der Waals surface area (Å²) in [6.07, 6.45) is 3.72. The van der Waals surface area contributed by atoms with Gasteiger partial charge in [0.05, 0.1) is 12.7 Å². The van der Waals surface area contributed by atoms with Crippen molar-refractivity contribution in [2.45, 2.75) is 44.9 Å². The number of aliphatic imine (C=N–C) groups is 1. The average molecular weight is 389 g/mol. The number of morpholine rings is 1. The average Bonchev–Trinajstić information content (AvgIpc) is 3.26. The zero-order valence-electron chi connectivity index (χ0n) is 17.5. The normalized spacial score (nSPS) is 23.4. The molecule has 0 aromatic heterocycles. The molecule has 2 atom stereocenters. The van der Waals surface area contributed by atoms with Crippen molar-refractivity contribution < 1.29 is 9.47 Å². The minimum absolute atomic E-state index is 0.164. The molecule has 1 aromatic carbocycles. The first-order valence-electron chi connectivity index (χ1n) is 10.7. The van der Waals surface area contributed by atoms with Gasteiger partial charge in [0, 0.05) is 39.3 Å². The summed E-state index contributed by atoms with van der Waals surface area (Å²) in [4.78, 5) is 9.59. The molecule has 28 heavy (non-hydrogen) atoms. The Morgan fingerprint density at radius 1 is 1.21 bits per heavy atom. The zero-order valence-corrected chi connectivity index (χ0v) is 17.5. The maximum atomic E-state index is 5.98. The summed E-state index contributed by atoms with van der Waals surface area (Å²) in [6.45, 7) is 9.24. The van der Waals surface area contributed by atoms with Crippen LogP contribution in [-0.4, -0.2) is 81.0 Å². The lowest BCUT2D eigenvalue weighted by molar-refractivity contribution is -0.0817. The molecule has 2 aliphatic rings. The Morgan fingerprint density at radius 3 is 2.79 bits per heavy atom. The second-order valence-electron chi connectivity index (χ2n) is 7.72. The van der Waals surface area contributed by atoms with E-state index in [4.69, 9.17) is 14.5 Å². The van der Waals surface area contributed by atoms with Gasteiger partial charge >= 0.3 is 0 Å².